The summed E-state index contributed by atoms with van der Waals surface area (Å²) in [6.45, 7) is 2.17. The van der Waals surface area contributed by atoms with Crippen molar-refractivity contribution < 1.29 is 19.1 Å². The molecule has 1 aliphatic heterocycles. The van der Waals surface area contributed by atoms with Gasteiger partial charge < -0.3 is 4.74 Å². The molecular weight excluding hydrogens is 495 g/mol. The van der Waals surface area contributed by atoms with E-state index in [0.717, 1.165) is 16.8 Å². The molecule has 0 spiro atoms. The molecule has 2 aromatic carbocycles. The van der Waals surface area contributed by atoms with E-state index in [1.165, 1.54) is 16.2 Å². The van der Waals surface area contributed by atoms with Crippen molar-refractivity contribution in [2.75, 3.05) is 17.3 Å². The van der Waals surface area contributed by atoms with Gasteiger partial charge in [-0.2, -0.15) is 0 Å². The number of thiazole rings is 1. The number of anilines is 1. The van der Waals surface area contributed by atoms with Crippen molar-refractivity contribution >= 4 is 57.3 Å². The maximum Gasteiger partial charge on any atom is 0.312 e. The van der Waals surface area contributed by atoms with E-state index in [-0.39, 0.29) is 37.0 Å². The number of benzene rings is 2. The lowest BCUT2D eigenvalue weighted by Gasteiger charge is -2.18. The van der Waals surface area contributed by atoms with E-state index in [1.54, 1.807) is 24.3 Å². The van der Waals surface area contributed by atoms with Crippen molar-refractivity contribution in [3.8, 4) is 11.3 Å². The van der Waals surface area contributed by atoms with Gasteiger partial charge in [0, 0.05) is 46.8 Å². The number of hydrogen-bond acceptors (Lipinski definition) is 6. The number of amides is 1. The van der Waals surface area contributed by atoms with Crippen LogP contribution >= 0.6 is 34.5 Å². The summed E-state index contributed by atoms with van der Waals surface area (Å²) >= 11 is 13.1. The van der Waals surface area contributed by atoms with Gasteiger partial charge in [0.05, 0.1) is 11.6 Å². The molecule has 2 heterocycles. The molecule has 9 heteroatoms. The molecule has 176 valence electrons. The van der Waals surface area contributed by atoms with E-state index in [1.807, 2.05) is 36.6 Å². The lowest BCUT2D eigenvalue weighted by atomic mass is 10.0. The van der Waals surface area contributed by atoms with Crippen LogP contribution in [0.5, 0.6) is 0 Å². The van der Waals surface area contributed by atoms with Crippen LogP contribution in [-0.4, -0.2) is 41.2 Å². The van der Waals surface area contributed by atoms with Crippen molar-refractivity contribution in [2.45, 2.75) is 25.9 Å². The third-order valence-corrected chi connectivity index (χ3v) is 6.91. The highest BCUT2D eigenvalue weighted by molar-refractivity contribution is 7.14. The minimum Gasteiger partial charge on any atom is -0.454 e. The third-order valence-electron chi connectivity index (χ3n) is 5.58. The van der Waals surface area contributed by atoms with Crippen LogP contribution in [0.4, 0.5) is 5.13 Å². The molecule has 0 radical (unpaired) electrons. The normalized spacial score (nSPS) is 16.5. The second-order valence-electron chi connectivity index (χ2n) is 8.06. The summed E-state index contributed by atoms with van der Waals surface area (Å²) in [7, 11) is 0. The zero-order valence-electron chi connectivity index (χ0n) is 18.4. The Labute approximate surface area is 211 Å². The minimum atomic E-state index is -1.02. The van der Waals surface area contributed by atoms with E-state index >= 15 is 0 Å². The van der Waals surface area contributed by atoms with Gasteiger partial charge in [0.25, 0.3) is 0 Å². The van der Waals surface area contributed by atoms with E-state index in [0.29, 0.717) is 15.7 Å². The highest BCUT2D eigenvalue weighted by Crippen LogP contribution is 2.32. The number of rotatable bonds is 8. The second kappa shape index (κ2) is 10.7. The van der Waals surface area contributed by atoms with Crippen LogP contribution in [0.15, 0.2) is 53.9 Å². The number of esters is 1. The van der Waals surface area contributed by atoms with Crippen molar-refractivity contribution in [1.82, 2.24) is 4.98 Å². The first-order chi connectivity index (χ1) is 16.4. The number of halogens is 2. The Morgan fingerprint density at radius 3 is 2.56 bits per heavy atom. The molecule has 3 aromatic rings. The Bertz CT molecular complexity index is 1190. The van der Waals surface area contributed by atoms with E-state index < -0.39 is 18.0 Å². The van der Waals surface area contributed by atoms with Gasteiger partial charge in [0.2, 0.25) is 11.7 Å². The fraction of sp³-hybridized carbons (Fsp3) is 0.280. The molecule has 2 atom stereocenters. The number of carbonyl (C=O) groups is 3. The maximum absolute atomic E-state index is 12.9. The van der Waals surface area contributed by atoms with Gasteiger partial charge >= 0.3 is 5.97 Å². The van der Waals surface area contributed by atoms with Gasteiger partial charge in [0.15, 0.2) is 11.2 Å². The minimum absolute atomic E-state index is 0.00100. The molecule has 1 aliphatic rings. The zero-order valence-corrected chi connectivity index (χ0v) is 20.7. The predicted molar refractivity (Wildman–Crippen MR) is 134 cm³/mol. The largest absolute Gasteiger partial charge is 0.454 e. The number of nitrogens with zero attached hydrogens (tertiary/aromatic N) is 2. The first-order valence-corrected chi connectivity index (χ1v) is 12.5. The maximum atomic E-state index is 12.9. The Balaban J connectivity index is 1.43. The Morgan fingerprint density at radius 1 is 1.18 bits per heavy atom. The number of alkyl halides is 1. The summed E-state index contributed by atoms with van der Waals surface area (Å²) in [6, 6.07) is 14.3. The van der Waals surface area contributed by atoms with Crippen LogP contribution in [0.2, 0.25) is 5.02 Å². The summed E-state index contributed by atoms with van der Waals surface area (Å²) in [5.74, 6) is -1.69. The molecule has 34 heavy (non-hydrogen) atoms. The number of ether oxygens (including phenoxy) is 1. The Hall–Kier alpha value is -2.74. The lowest BCUT2D eigenvalue weighted by molar-refractivity contribution is -0.151. The monoisotopic (exact) mass is 516 g/mol. The molecular formula is C25H22Cl2N2O4S. The van der Waals surface area contributed by atoms with Crippen molar-refractivity contribution in [3.05, 3.63) is 70.1 Å². The summed E-state index contributed by atoms with van der Waals surface area (Å²) < 4.78 is 5.54. The van der Waals surface area contributed by atoms with Gasteiger partial charge in [-0.1, -0.05) is 41.4 Å². The standard InChI is InChI=1S/C25H22Cl2N2O4S/c1-15-2-4-16(5-3-15)20-14-34-25(28-20)29-13-18(12-22(29)30)24(32)33-21(10-11-26)23(31)17-6-8-19(27)9-7-17/h2-9,14,18,21H,10-13H2,1H3/t18-,21-/m0/s1. The molecule has 0 unspecified atom stereocenters. The summed E-state index contributed by atoms with van der Waals surface area (Å²) in [6.07, 6.45) is -0.852. The fourth-order valence-electron chi connectivity index (χ4n) is 3.67. The van der Waals surface area contributed by atoms with Crippen LogP contribution in [0, 0.1) is 12.8 Å². The van der Waals surface area contributed by atoms with Crippen molar-refractivity contribution in [2.24, 2.45) is 5.92 Å². The second-order valence-corrected chi connectivity index (χ2v) is 9.71. The molecule has 0 N–H and O–H groups in total. The number of ketones is 1. The highest BCUT2D eigenvalue weighted by atomic mass is 35.5. The highest BCUT2D eigenvalue weighted by Gasteiger charge is 2.39. The molecule has 0 saturated carbocycles. The first-order valence-electron chi connectivity index (χ1n) is 10.7. The van der Waals surface area contributed by atoms with Crippen LogP contribution in [-0.2, 0) is 14.3 Å². The van der Waals surface area contributed by atoms with Gasteiger partial charge in [-0.3, -0.25) is 19.3 Å². The van der Waals surface area contributed by atoms with Crippen molar-refractivity contribution in [3.63, 3.8) is 0 Å². The smallest absolute Gasteiger partial charge is 0.312 e. The SMILES string of the molecule is Cc1ccc(-c2csc(N3C[C@@H](C(=O)O[C@@H](CCCl)C(=O)c4ccc(Cl)cc4)CC3=O)n2)cc1. The number of aryl methyl sites for hydroxylation is 1. The topological polar surface area (TPSA) is 76.6 Å². The van der Waals surface area contributed by atoms with Gasteiger partial charge in [-0.05, 0) is 31.2 Å². The van der Waals surface area contributed by atoms with Gasteiger partial charge in [-0.25, -0.2) is 4.98 Å². The van der Waals surface area contributed by atoms with Crippen LogP contribution in [0.1, 0.15) is 28.8 Å². The van der Waals surface area contributed by atoms with Crippen molar-refractivity contribution in [1.29, 1.82) is 0 Å². The van der Waals surface area contributed by atoms with Gasteiger partial charge in [0.1, 0.15) is 0 Å². The van der Waals surface area contributed by atoms with Crippen LogP contribution in [0.3, 0.4) is 0 Å². The Morgan fingerprint density at radius 2 is 1.88 bits per heavy atom. The molecule has 1 amide bonds. The summed E-state index contributed by atoms with van der Waals surface area (Å²) in [5.41, 5.74) is 3.26. The lowest BCUT2D eigenvalue weighted by Crippen LogP contribution is -2.32. The van der Waals surface area contributed by atoms with E-state index in [9.17, 15) is 14.4 Å². The van der Waals surface area contributed by atoms with Crippen LogP contribution < -0.4 is 4.90 Å². The predicted octanol–water partition coefficient (Wildman–Crippen LogP) is 5.55. The quantitative estimate of drug-likeness (QED) is 0.223. The number of hydrogen-bond donors (Lipinski definition) is 0. The van der Waals surface area contributed by atoms with Gasteiger partial charge in [-0.15, -0.1) is 22.9 Å². The number of Topliss-reactive ketones (excluding diaryl/α,β-unsaturated/α-hetero) is 1. The number of carbonyl (C=O) groups excluding carboxylic acids is 3. The third kappa shape index (κ3) is 5.49. The molecule has 4 rings (SSSR count). The molecule has 0 bridgehead atoms. The molecule has 1 saturated heterocycles. The molecule has 1 aromatic heterocycles. The summed E-state index contributed by atoms with van der Waals surface area (Å²) in [4.78, 5) is 44.5. The first kappa shape index (κ1) is 24.4. The fourth-order valence-corrected chi connectivity index (χ4v) is 4.86. The average molecular weight is 517 g/mol. The Kier molecular flexibility index (Phi) is 7.66. The van der Waals surface area contributed by atoms with E-state index in [2.05, 4.69) is 4.98 Å². The number of aromatic nitrogens is 1. The molecule has 0 aliphatic carbocycles. The molecule has 6 nitrogen and oxygen atoms in total. The molecule has 1 fully saturated rings. The zero-order chi connectivity index (χ0) is 24.2. The van der Waals surface area contributed by atoms with E-state index in [4.69, 9.17) is 27.9 Å². The summed E-state index contributed by atoms with van der Waals surface area (Å²) in [5, 5.41) is 2.92. The van der Waals surface area contributed by atoms with Crippen LogP contribution in [0.25, 0.3) is 11.3 Å². The average Bonchev–Trinajstić information content (AvgIpc) is 3.46.